The maximum absolute atomic E-state index is 12.7. The number of aromatic nitrogens is 1. The molecule has 1 unspecified atom stereocenters. The normalized spacial score (nSPS) is 16.1. The average Bonchev–Trinajstić information content (AvgIpc) is 3.18. The smallest absolute Gasteiger partial charge is 0.275 e. The number of hydrogen-bond donors (Lipinski definition) is 0. The largest absolute Gasteiger partial charge is 0.371 e. The molecular formula is C21H20N2O3. The Balaban J connectivity index is 1.42. The van der Waals surface area contributed by atoms with Crippen molar-refractivity contribution < 1.29 is 14.1 Å². The van der Waals surface area contributed by atoms with Crippen LogP contribution < -0.4 is 0 Å². The third-order valence-electron chi connectivity index (χ3n) is 4.65. The van der Waals surface area contributed by atoms with Gasteiger partial charge in [-0.05, 0) is 11.1 Å². The second kappa shape index (κ2) is 7.14. The van der Waals surface area contributed by atoms with Gasteiger partial charge in [0.25, 0.3) is 5.91 Å². The molecule has 0 bridgehead atoms. The second-order valence-electron chi connectivity index (χ2n) is 6.53. The molecule has 26 heavy (non-hydrogen) atoms. The minimum Gasteiger partial charge on any atom is -0.371 e. The average molecular weight is 348 g/mol. The summed E-state index contributed by atoms with van der Waals surface area (Å²) < 4.78 is 11.2. The molecular weight excluding hydrogens is 328 g/mol. The van der Waals surface area contributed by atoms with E-state index < -0.39 is 0 Å². The van der Waals surface area contributed by atoms with Crippen molar-refractivity contribution in [3.63, 3.8) is 0 Å². The summed E-state index contributed by atoms with van der Waals surface area (Å²) in [4.78, 5) is 14.3. The quantitative estimate of drug-likeness (QED) is 0.723. The molecule has 5 heteroatoms. The number of likely N-dealkylation sites (N-methyl/N-ethyl adjacent to an activating group) is 1. The van der Waals surface area contributed by atoms with E-state index in [9.17, 15) is 4.79 Å². The zero-order valence-electron chi connectivity index (χ0n) is 14.6. The van der Waals surface area contributed by atoms with Gasteiger partial charge in [-0.15, -0.1) is 0 Å². The van der Waals surface area contributed by atoms with E-state index in [1.807, 2.05) is 42.5 Å². The maximum Gasteiger partial charge on any atom is 0.275 e. The standard InChI is InChI=1S/C21H20N2O3/c1-23(13-18-11-16-9-5-6-10-17(16)14-25-18)21(24)19-12-20(26-22-19)15-7-3-2-4-8-15/h2-10,12,18H,11,13-14H2,1H3. The fraction of sp³-hybridized carbons (Fsp3) is 0.238. The van der Waals surface area contributed by atoms with Crippen molar-refractivity contribution in [2.75, 3.05) is 13.6 Å². The molecule has 3 aromatic rings. The number of carbonyl (C=O) groups excluding carboxylic acids is 1. The molecule has 0 saturated heterocycles. The first-order chi connectivity index (χ1) is 12.7. The van der Waals surface area contributed by atoms with Crippen molar-refractivity contribution in [3.05, 3.63) is 77.5 Å². The molecule has 5 nitrogen and oxygen atoms in total. The van der Waals surface area contributed by atoms with E-state index in [-0.39, 0.29) is 12.0 Å². The highest BCUT2D eigenvalue weighted by molar-refractivity contribution is 5.93. The van der Waals surface area contributed by atoms with Crippen molar-refractivity contribution in [2.45, 2.75) is 19.1 Å². The van der Waals surface area contributed by atoms with Gasteiger partial charge < -0.3 is 14.2 Å². The van der Waals surface area contributed by atoms with Crippen LogP contribution in [0.15, 0.2) is 65.2 Å². The predicted molar refractivity (Wildman–Crippen MR) is 97.6 cm³/mol. The third kappa shape index (κ3) is 3.39. The molecule has 0 radical (unpaired) electrons. The van der Waals surface area contributed by atoms with Crippen LogP contribution in [0.4, 0.5) is 0 Å². The van der Waals surface area contributed by atoms with Crippen LogP contribution in [0, 0.1) is 0 Å². The lowest BCUT2D eigenvalue weighted by Crippen LogP contribution is -2.38. The SMILES string of the molecule is CN(CC1Cc2ccccc2CO1)C(=O)c1cc(-c2ccccc2)on1. The Hall–Kier alpha value is -2.92. The molecule has 0 N–H and O–H groups in total. The van der Waals surface area contributed by atoms with Crippen LogP contribution in [-0.4, -0.2) is 35.7 Å². The van der Waals surface area contributed by atoms with E-state index in [4.69, 9.17) is 9.26 Å². The third-order valence-corrected chi connectivity index (χ3v) is 4.65. The molecule has 1 aliphatic heterocycles. The fourth-order valence-electron chi connectivity index (χ4n) is 3.22. The van der Waals surface area contributed by atoms with Crippen LogP contribution in [0.3, 0.4) is 0 Å². The van der Waals surface area contributed by atoms with Crippen molar-refractivity contribution in [2.24, 2.45) is 0 Å². The number of amides is 1. The van der Waals surface area contributed by atoms with Crippen molar-refractivity contribution in [3.8, 4) is 11.3 Å². The van der Waals surface area contributed by atoms with Crippen LogP contribution >= 0.6 is 0 Å². The Kier molecular flexibility index (Phi) is 4.54. The number of nitrogens with zero attached hydrogens (tertiary/aromatic N) is 2. The first kappa shape index (κ1) is 16.5. The van der Waals surface area contributed by atoms with Crippen LogP contribution in [0.2, 0.25) is 0 Å². The molecule has 132 valence electrons. The summed E-state index contributed by atoms with van der Waals surface area (Å²) in [5, 5.41) is 3.94. The second-order valence-corrected chi connectivity index (χ2v) is 6.53. The van der Waals surface area contributed by atoms with Gasteiger partial charge in [0.05, 0.1) is 12.7 Å². The van der Waals surface area contributed by atoms with E-state index in [0.29, 0.717) is 24.6 Å². The summed E-state index contributed by atoms with van der Waals surface area (Å²) in [6.07, 6.45) is 0.793. The zero-order valence-corrected chi connectivity index (χ0v) is 14.6. The van der Waals surface area contributed by atoms with Crippen LogP contribution in [0.1, 0.15) is 21.6 Å². The minimum absolute atomic E-state index is 0.0145. The van der Waals surface area contributed by atoms with Gasteiger partial charge in [0.2, 0.25) is 0 Å². The van der Waals surface area contributed by atoms with Crippen LogP contribution in [0.5, 0.6) is 0 Å². The molecule has 1 amide bonds. The Labute approximate surface area is 152 Å². The lowest BCUT2D eigenvalue weighted by Gasteiger charge is -2.28. The Morgan fingerprint density at radius 1 is 1.12 bits per heavy atom. The summed E-state index contributed by atoms with van der Waals surface area (Å²) >= 11 is 0. The highest BCUT2D eigenvalue weighted by Gasteiger charge is 2.24. The Bertz CT molecular complexity index is 904. The number of ether oxygens (including phenoxy) is 1. The molecule has 0 fully saturated rings. The van der Waals surface area contributed by atoms with E-state index in [1.54, 1.807) is 18.0 Å². The van der Waals surface area contributed by atoms with E-state index in [1.165, 1.54) is 11.1 Å². The molecule has 0 aliphatic carbocycles. The first-order valence-electron chi connectivity index (χ1n) is 8.66. The summed E-state index contributed by atoms with van der Waals surface area (Å²) in [6.45, 7) is 1.10. The molecule has 1 atom stereocenters. The first-order valence-corrected chi connectivity index (χ1v) is 8.66. The van der Waals surface area contributed by atoms with Gasteiger partial charge in [0, 0.05) is 31.6 Å². The molecule has 2 heterocycles. The molecule has 2 aromatic carbocycles. The summed E-state index contributed by atoms with van der Waals surface area (Å²) in [5.74, 6) is 0.420. The van der Waals surface area contributed by atoms with Gasteiger partial charge in [-0.3, -0.25) is 4.79 Å². The Morgan fingerprint density at radius 3 is 2.65 bits per heavy atom. The highest BCUT2D eigenvalue weighted by Crippen LogP contribution is 2.22. The maximum atomic E-state index is 12.7. The van der Waals surface area contributed by atoms with Crippen molar-refractivity contribution >= 4 is 5.91 Å². The summed E-state index contributed by atoms with van der Waals surface area (Å²) in [5.41, 5.74) is 3.72. The lowest BCUT2D eigenvalue weighted by molar-refractivity contribution is 0.00964. The van der Waals surface area contributed by atoms with E-state index >= 15 is 0 Å². The molecule has 4 rings (SSSR count). The van der Waals surface area contributed by atoms with Crippen molar-refractivity contribution in [1.29, 1.82) is 0 Å². The van der Waals surface area contributed by atoms with Gasteiger partial charge in [0.15, 0.2) is 11.5 Å². The summed E-state index contributed by atoms with van der Waals surface area (Å²) in [6, 6.07) is 19.6. The number of rotatable bonds is 4. The van der Waals surface area contributed by atoms with Gasteiger partial charge in [-0.25, -0.2) is 0 Å². The highest BCUT2D eigenvalue weighted by atomic mass is 16.5. The van der Waals surface area contributed by atoms with E-state index in [2.05, 4.69) is 17.3 Å². The molecule has 0 spiro atoms. The molecule has 1 aromatic heterocycles. The fourth-order valence-corrected chi connectivity index (χ4v) is 3.22. The molecule has 0 saturated carbocycles. The number of fused-ring (bicyclic) bond motifs is 1. The lowest BCUT2D eigenvalue weighted by atomic mass is 9.99. The van der Waals surface area contributed by atoms with Gasteiger partial charge >= 0.3 is 0 Å². The van der Waals surface area contributed by atoms with Crippen LogP contribution in [-0.2, 0) is 17.8 Å². The van der Waals surface area contributed by atoms with Crippen molar-refractivity contribution in [1.82, 2.24) is 10.1 Å². The molecule has 1 aliphatic rings. The topological polar surface area (TPSA) is 55.6 Å². The number of carbonyl (C=O) groups is 1. The van der Waals surface area contributed by atoms with Gasteiger partial charge in [0.1, 0.15) is 0 Å². The van der Waals surface area contributed by atoms with Crippen LogP contribution in [0.25, 0.3) is 11.3 Å². The summed E-state index contributed by atoms with van der Waals surface area (Å²) in [7, 11) is 1.77. The predicted octanol–water partition coefficient (Wildman–Crippen LogP) is 3.56. The number of benzene rings is 2. The van der Waals surface area contributed by atoms with E-state index in [0.717, 1.165) is 12.0 Å². The number of hydrogen-bond acceptors (Lipinski definition) is 4. The Morgan fingerprint density at radius 2 is 1.85 bits per heavy atom. The van der Waals surface area contributed by atoms with Gasteiger partial charge in [-0.2, -0.15) is 0 Å². The van der Waals surface area contributed by atoms with Gasteiger partial charge in [-0.1, -0.05) is 59.8 Å². The zero-order chi connectivity index (χ0) is 17.9. The minimum atomic E-state index is -0.168. The monoisotopic (exact) mass is 348 g/mol.